The first-order valence-corrected chi connectivity index (χ1v) is 8.72. The molecule has 0 unspecified atom stereocenters. The van der Waals surface area contributed by atoms with Gasteiger partial charge in [-0.1, -0.05) is 11.8 Å². The minimum Gasteiger partial charge on any atom is -0.494 e. The highest BCUT2D eigenvalue weighted by atomic mass is 32.2. The molecule has 0 atom stereocenters. The van der Waals surface area contributed by atoms with Crippen LogP contribution in [0.1, 0.15) is 33.3 Å². The Morgan fingerprint density at radius 2 is 2.12 bits per heavy atom. The molecule has 0 spiro atoms. The third kappa shape index (κ3) is 4.87. The zero-order valence-electron chi connectivity index (χ0n) is 14.3. The number of carbonyl (C=O) groups excluding carboxylic acids is 1. The van der Waals surface area contributed by atoms with E-state index in [-0.39, 0.29) is 17.2 Å². The minimum atomic E-state index is -0.276. The molecule has 0 aliphatic heterocycles. The van der Waals surface area contributed by atoms with Crippen molar-refractivity contribution >= 4 is 28.6 Å². The van der Waals surface area contributed by atoms with E-state index in [1.807, 2.05) is 45.9 Å². The average Bonchev–Trinajstić information content (AvgIpc) is 2.50. The van der Waals surface area contributed by atoms with Crippen molar-refractivity contribution in [1.29, 1.82) is 5.26 Å². The number of amides is 1. The Kier molecular flexibility index (Phi) is 5.68. The van der Waals surface area contributed by atoms with Crippen molar-refractivity contribution in [2.24, 2.45) is 0 Å². The lowest BCUT2D eigenvalue weighted by Gasteiger charge is -2.20. The Morgan fingerprint density at radius 1 is 1.38 bits per heavy atom. The Bertz CT molecular complexity index is 791. The lowest BCUT2D eigenvalue weighted by atomic mass is 10.1. The molecule has 126 valence electrons. The number of benzene rings is 1. The molecule has 24 heavy (non-hydrogen) atoms. The summed E-state index contributed by atoms with van der Waals surface area (Å²) in [7, 11) is 0. The molecule has 0 saturated heterocycles. The fourth-order valence-corrected chi connectivity index (χ4v) is 2.93. The monoisotopic (exact) mass is 343 g/mol. The lowest BCUT2D eigenvalue weighted by molar-refractivity contribution is -0.119. The molecule has 0 aliphatic rings. The maximum atomic E-state index is 12.0. The van der Waals surface area contributed by atoms with Crippen LogP contribution in [-0.4, -0.2) is 28.8 Å². The number of hydrogen-bond acceptors (Lipinski definition) is 5. The van der Waals surface area contributed by atoms with E-state index in [4.69, 9.17) is 4.74 Å². The fourth-order valence-electron chi connectivity index (χ4n) is 2.17. The van der Waals surface area contributed by atoms with Crippen molar-refractivity contribution in [3.63, 3.8) is 0 Å². The van der Waals surface area contributed by atoms with Gasteiger partial charge in [0.1, 0.15) is 16.8 Å². The number of nitriles is 1. The number of fused-ring (bicyclic) bond motifs is 1. The summed E-state index contributed by atoms with van der Waals surface area (Å²) in [6.45, 7) is 8.30. The van der Waals surface area contributed by atoms with Crippen LogP contribution in [-0.2, 0) is 4.79 Å². The minimum absolute atomic E-state index is 0.0787. The van der Waals surface area contributed by atoms with E-state index in [0.717, 1.165) is 16.7 Å². The Balaban J connectivity index is 2.22. The first kappa shape index (κ1) is 18.1. The summed E-state index contributed by atoms with van der Waals surface area (Å²) in [6.07, 6.45) is 0. The van der Waals surface area contributed by atoms with E-state index in [1.165, 1.54) is 11.8 Å². The van der Waals surface area contributed by atoms with E-state index in [1.54, 1.807) is 6.07 Å². The van der Waals surface area contributed by atoms with Crippen LogP contribution in [0.25, 0.3) is 10.9 Å². The van der Waals surface area contributed by atoms with Crippen molar-refractivity contribution in [3.8, 4) is 11.8 Å². The number of ether oxygens (including phenoxy) is 1. The Hall–Kier alpha value is -2.26. The molecule has 1 aromatic carbocycles. The van der Waals surface area contributed by atoms with Crippen LogP contribution in [0.2, 0.25) is 0 Å². The SMILES string of the molecule is CCOc1ccc2nc(SCC(=O)NC(C)(C)C)c(C#N)cc2c1. The second-order valence-corrected chi connectivity index (χ2v) is 7.29. The van der Waals surface area contributed by atoms with Crippen LogP contribution >= 0.6 is 11.8 Å². The van der Waals surface area contributed by atoms with Gasteiger partial charge >= 0.3 is 0 Å². The van der Waals surface area contributed by atoms with Gasteiger partial charge in [-0.15, -0.1) is 0 Å². The topological polar surface area (TPSA) is 75.0 Å². The molecule has 1 heterocycles. The summed E-state index contributed by atoms with van der Waals surface area (Å²) in [5.41, 5.74) is 0.961. The number of nitrogens with zero attached hydrogens (tertiary/aromatic N) is 2. The van der Waals surface area contributed by atoms with E-state index < -0.39 is 0 Å². The molecule has 0 radical (unpaired) electrons. The van der Waals surface area contributed by atoms with Gasteiger partial charge < -0.3 is 10.1 Å². The number of carbonyl (C=O) groups is 1. The van der Waals surface area contributed by atoms with Gasteiger partial charge in [0.2, 0.25) is 5.91 Å². The molecule has 1 aromatic heterocycles. The predicted octanol–water partition coefficient (Wildman–Crippen LogP) is 3.51. The van der Waals surface area contributed by atoms with Crippen LogP contribution in [0.3, 0.4) is 0 Å². The first-order valence-electron chi connectivity index (χ1n) is 7.74. The van der Waals surface area contributed by atoms with E-state index >= 15 is 0 Å². The molecule has 0 aliphatic carbocycles. The second kappa shape index (κ2) is 7.54. The van der Waals surface area contributed by atoms with E-state index in [0.29, 0.717) is 17.2 Å². The molecule has 1 amide bonds. The number of aromatic nitrogens is 1. The summed E-state index contributed by atoms with van der Waals surface area (Å²) in [5, 5.41) is 13.7. The van der Waals surface area contributed by atoms with Gasteiger partial charge in [0, 0.05) is 10.9 Å². The van der Waals surface area contributed by atoms with Gasteiger partial charge in [0.25, 0.3) is 0 Å². The molecule has 1 N–H and O–H groups in total. The highest BCUT2D eigenvalue weighted by Gasteiger charge is 2.15. The molecular weight excluding hydrogens is 322 g/mol. The van der Waals surface area contributed by atoms with Crippen LogP contribution in [0.15, 0.2) is 29.3 Å². The highest BCUT2D eigenvalue weighted by molar-refractivity contribution is 8.00. The number of pyridine rings is 1. The molecule has 0 saturated carbocycles. The van der Waals surface area contributed by atoms with Crippen LogP contribution in [0.5, 0.6) is 5.75 Å². The lowest BCUT2D eigenvalue weighted by Crippen LogP contribution is -2.41. The molecule has 5 nitrogen and oxygen atoms in total. The van der Waals surface area contributed by atoms with Crippen molar-refractivity contribution in [2.75, 3.05) is 12.4 Å². The molecule has 2 aromatic rings. The number of thioether (sulfide) groups is 1. The third-order valence-electron chi connectivity index (χ3n) is 3.04. The molecular formula is C18H21N3O2S. The van der Waals surface area contributed by atoms with Gasteiger partial charge in [-0.05, 0) is 52.0 Å². The maximum Gasteiger partial charge on any atom is 0.230 e. The normalized spacial score (nSPS) is 11.1. The average molecular weight is 343 g/mol. The summed E-state index contributed by atoms with van der Waals surface area (Å²) in [5.74, 6) is 0.896. The van der Waals surface area contributed by atoms with Crippen LogP contribution in [0, 0.1) is 11.3 Å². The van der Waals surface area contributed by atoms with Crippen LogP contribution < -0.4 is 10.1 Å². The smallest absolute Gasteiger partial charge is 0.230 e. The maximum absolute atomic E-state index is 12.0. The van der Waals surface area contributed by atoms with E-state index in [9.17, 15) is 10.1 Å². The second-order valence-electron chi connectivity index (χ2n) is 6.33. The fraction of sp³-hybridized carbons (Fsp3) is 0.389. The van der Waals surface area contributed by atoms with Crippen molar-refractivity contribution < 1.29 is 9.53 Å². The summed E-state index contributed by atoms with van der Waals surface area (Å²) < 4.78 is 5.47. The van der Waals surface area contributed by atoms with Gasteiger partial charge in [0.05, 0.1) is 23.4 Å². The number of rotatable bonds is 5. The highest BCUT2D eigenvalue weighted by Crippen LogP contribution is 2.27. The largest absolute Gasteiger partial charge is 0.494 e. The zero-order chi connectivity index (χ0) is 17.7. The molecule has 6 heteroatoms. The Labute approximate surface area is 146 Å². The third-order valence-corrected chi connectivity index (χ3v) is 4.03. The molecule has 2 rings (SSSR count). The van der Waals surface area contributed by atoms with Crippen molar-refractivity contribution in [1.82, 2.24) is 10.3 Å². The number of hydrogen-bond donors (Lipinski definition) is 1. The van der Waals surface area contributed by atoms with Crippen molar-refractivity contribution in [3.05, 3.63) is 29.8 Å². The summed E-state index contributed by atoms with van der Waals surface area (Å²) in [4.78, 5) is 16.5. The van der Waals surface area contributed by atoms with Gasteiger partial charge in [-0.25, -0.2) is 4.98 Å². The predicted molar refractivity (Wildman–Crippen MR) is 96.2 cm³/mol. The van der Waals surface area contributed by atoms with Gasteiger partial charge in [-0.3, -0.25) is 4.79 Å². The van der Waals surface area contributed by atoms with E-state index in [2.05, 4.69) is 16.4 Å². The zero-order valence-corrected chi connectivity index (χ0v) is 15.2. The molecule has 0 fully saturated rings. The van der Waals surface area contributed by atoms with Crippen LogP contribution in [0.4, 0.5) is 0 Å². The summed E-state index contributed by atoms with van der Waals surface area (Å²) in [6, 6.07) is 9.53. The van der Waals surface area contributed by atoms with Gasteiger partial charge in [0.15, 0.2) is 0 Å². The summed E-state index contributed by atoms with van der Waals surface area (Å²) >= 11 is 1.27. The van der Waals surface area contributed by atoms with Crippen molar-refractivity contribution in [2.45, 2.75) is 38.3 Å². The standard InChI is InChI=1S/C18H21N3O2S/c1-5-23-14-6-7-15-12(9-14)8-13(10-19)17(20-15)24-11-16(22)21-18(2,3)4/h6-9H,5,11H2,1-4H3,(H,21,22). The van der Waals surface area contributed by atoms with Gasteiger partial charge in [-0.2, -0.15) is 5.26 Å². The Morgan fingerprint density at radius 3 is 2.75 bits per heavy atom. The molecule has 0 bridgehead atoms. The first-order chi connectivity index (χ1) is 11.3. The number of nitrogens with one attached hydrogen (secondary N) is 1. The quantitative estimate of drug-likeness (QED) is 0.841.